The molecule has 7 nitrogen and oxygen atoms in total. The van der Waals surface area contributed by atoms with Crippen molar-refractivity contribution in [2.75, 3.05) is 31.9 Å². The van der Waals surface area contributed by atoms with E-state index in [2.05, 4.69) is 20.5 Å². The van der Waals surface area contributed by atoms with Gasteiger partial charge < -0.3 is 10.2 Å². The Labute approximate surface area is 161 Å². The monoisotopic (exact) mass is 380 g/mol. The van der Waals surface area contributed by atoms with E-state index in [1.54, 1.807) is 12.4 Å². The first-order chi connectivity index (χ1) is 13.3. The number of carbonyl (C=O) groups is 1. The molecule has 1 N–H and O–H groups in total. The van der Waals surface area contributed by atoms with Gasteiger partial charge >= 0.3 is 0 Å². The predicted octanol–water partition coefficient (Wildman–Crippen LogP) is 1.85. The number of nitrogens with one attached hydrogen (secondary N) is 1. The maximum absolute atomic E-state index is 12.5. The number of nitrogens with zero attached hydrogens (tertiary/aromatic N) is 5. The minimum Gasteiger partial charge on any atom is -0.339 e. The van der Waals surface area contributed by atoms with Crippen molar-refractivity contribution in [2.24, 2.45) is 0 Å². The van der Waals surface area contributed by atoms with Crippen LogP contribution in [0, 0.1) is 0 Å². The summed E-state index contributed by atoms with van der Waals surface area (Å²) < 4.78 is 1.99. The van der Waals surface area contributed by atoms with E-state index >= 15 is 0 Å². The van der Waals surface area contributed by atoms with Crippen LogP contribution in [0.15, 0.2) is 60.0 Å². The van der Waals surface area contributed by atoms with Crippen LogP contribution in [0.3, 0.4) is 0 Å². The number of hydrogen-bond donors (Lipinski definition) is 1. The molecule has 0 unspecified atom stereocenters. The molecule has 3 heterocycles. The van der Waals surface area contributed by atoms with Crippen LogP contribution in [0.1, 0.15) is 0 Å². The number of para-hydroxylation sites is 1. The number of rotatable bonds is 5. The molecular formula is C19H20N6OS. The Hall–Kier alpha value is -2.71. The Kier molecular flexibility index (Phi) is 5.45. The number of hydrogen-bond acceptors (Lipinski definition) is 6. The molecule has 1 fully saturated rings. The fourth-order valence-electron chi connectivity index (χ4n) is 2.99. The highest BCUT2D eigenvalue weighted by molar-refractivity contribution is 7.99. The second-order valence-corrected chi connectivity index (χ2v) is 7.07. The van der Waals surface area contributed by atoms with Crippen molar-refractivity contribution in [1.82, 2.24) is 30.0 Å². The van der Waals surface area contributed by atoms with Gasteiger partial charge in [-0.3, -0.25) is 14.3 Å². The number of pyridine rings is 1. The fourth-order valence-corrected chi connectivity index (χ4v) is 3.85. The van der Waals surface area contributed by atoms with Gasteiger partial charge in [0.1, 0.15) is 0 Å². The van der Waals surface area contributed by atoms with Gasteiger partial charge in [-0.1, -0.05) is 30.0 Å². The number of benzene rings is 1. The maximum atomic E-state index is 12.5. The summed E-state index contributed by atoms with van der Waals surface area (Å²) in [6, 6.07) is 13.8. The molecule has 8 heteroatoms. The van der Waals surface area contributed by atoms with Gasteiger partial charge in [-0.15, -0.1) is 10.2 Å². The van der Waals surface area contributed by atoms with Crippen LogP contribution in [0.5, 0.6) is 0 Å². The Balaban J connectivity index is 1.61. The molecule has 27 heavy (non-hydrogen) atoms. The Morgan fingerprint density at radius 3 is 2.52 bits per heavy atom. The van der Waals surface area contributed by atoms with Crippen LogP contribution in [-0.2, 0) is 4.79 Å². The molecule has 3 aromatic rings. The molecule has 2 aromatic heterocycles. The molecule has 4 rings (SSSR count). The number of piperazine rings is 1. The van der Waals surface area contributed by atoms with Gasteiger partial charge in [0.2, 0.25) is 5.91 Å². The molecule has 1 aromatic carbocycles. The van der Waals surface area contributed by atoms with Crippen molar-refractivity contribution in [1.29, 1.82) is 0 Å². The van der Waals surface area contributed by atoms with Crippen LogP contribution >= 0.6 is 11.8 Å². The standard InChI is InChI=1S/C19H20N6OS/c26-17(24-12-10-21-11-13-24)14-27-19-23-22-18(15-6-8-20-9-7-15)25(19)16-4-2-1-3-5-16/h1-9,21H,10-14H2. The molecule has 0 spiro atoms. The molecule has 0 saturated carbocycles. The lowest BCUT2D eigenvalue weighted by molar-refractivity contribution is -0.128. The van der Waals surface area contributed by atoms with Crippen LogP contribution in [0.4, 0.5) is 0 Å². The van der Waals surface area contributed by atoms with Crippen molar-refractivity contribution in [2.45, 2.75) is 5.16 Å². The summed E-state index contributed by atoms with van der Waals surface area (Å²) in [6.07, 6.45) is 3.47. The van der Waals surface area contributed by atoms with Gasteiger partial charge in [-0.2, -0.15) is 0 Å². The first-order valence-corrected chi connectivity index (χ1v) is 9.84. The van der Waals surface area contributed by atoms with Crippen LogP contribution in [0.25, 0.3) is 17.1 Å². The topological polar surface area (TPSA) is 75.9 Å². The zero-order chi connectivity index (χ0) is 18.5. The van der Waals surface area contributed by atoms with E-state index in [1.165, 1.54) is 11.8 Å². The molecule has 1 saturated heterocycles. The molecular weight excluding hydrogens is 360 g/mol. The van der Waals surface area contributed by atoms with Crippen molar-refractivity contribution in [3.05, 3.63) is 54.9 Å². The van der Waals surface area contributed by atoms with E-state index in [1.807, 2.05) is 51.9 Å². The molecule has 1 amide bonds. The first-order valence-electron chi connectivity index (χ1n) is 8.85. The number of thioether (sulfide) groups is 1. The summed E-state index contributed by atoms with van der Waals surface area (Å²) in [5.41, 5.74) is 1.90. The third-order valence-electron chi connectivity index (χ3n) is 4.38. The average molecular weight is 380 g/mol. The molecule has 0 radical (unpaired) electrons. The molecule has 1 aliphatic heterocycles. The first kappa shape index (κ1) is 17.7. The molecule has 0 atom stereocenters. The lowest BCUT2D eigenvalue weighted by atomic mass is 10.2. The SMILES string of the molecule is O=C(CSc1nnc(-c2ccncc2)n1-c1ccccc1)N1CCNCC1. The van der Waals surface area contributed by atoms with E-state index < -0.39 is 0 Å². The minimum atomic E-state index is 0.134. The Bertz CT molecular complexity index is 893. The van der Waals surface area contributed by atoms with Gasteiger partial charge in [0, 0.05) is 49.8 Å². The molecule has 1 aliphatic rings. The van der Waals surface area contributed by atoms with Crippen molar-refractivity contribution < 1.29 is 4.79 Å². The van der Waals surface area contributed by atoms with Gasteiger partial charge in [-0.05, 0) is 24.3 Å². The number of carbonyl (C=O) groups excluding carboxylic acids is 1. The van der Waals surface area contributed by atoms with E-state index in [0.717, 1.165) is 43.3 Å². The Morgan fingerprint density at radius 1 is 1.04 bits per heavy atom. The summed E-state index contributed by atoms with van der Waals surface area (Å²) in [7, 11) is 0. The Morgan fingerprint density at radius 2 is 1.78 bits per heavy atom. The van der Waals surface area contributed by atoms with Gasteiger partial charge in [0.05, 0.1) is 5.75 Å². The van der Waals surface area contributed by atoms with Crippen molar-refractivity contribution in [3.8, 4) is 17.1 Å². The van der Waals surface area contributed by atoms with Crippen LogP contribution in [-0.4, -0.2) is 62.5 Å². The quantitative estimate of drug-likeness (QED) is 0.681. The number of aromatic nitrogens is 4. The highest BCUT2D eigenvalue weighted by atomic mass is 32.2. The lowest BCUT2D eigenvalue weighted by Gasteiger charge is -2.27. The fraction of sp³-hybridized carbons (Fsp3) is 0.263. The molecule has 0 bridgehead atoms. The highest BCUT2D eigenvalue weighted by Gasteiger charge is 2.20. The third kappa shape index (κ3) is 4.01. The zero-order valence-electron chi connectivity index (χ0n) is 14.8. The van der Waals surface area contributed by atoms with Gasteiger partial charge in [0.15, 0.2) is 11.0 Å². The van der Waals surface area contributed by atoms with E-state index in [-0.39, 0.29) is 5.91 Å². The summed E-state index contributed by atoms with van der Waals surface area (Å²) in [6.45, 7) is 3.21. The molecule has 0 aliphatic carbocycles. The average Bonchev–Trinajstić information content (AvgIpc) is 3.18. The van der Waals surface area contributed by atoms with E-state index in [0.29, 0.717) is 10.9 Å². The highest BCUT2D eigenvalue weighted by Crippen LogP contribution is 2.27. The second-order valence-electron chi connectivity index (χ2n) is 6.13. The smallest absolute Gasteiger partial charge is 0.233 e. The molecule has 138 valence electrons. The third-order valence-corrected chi connectivity index (χ3v) is 5.29. The summed E-state index contributed by atoms with van der Waals surface area (Å²) in [5, 5.41) is 12.7. The predicted molar refractivity (Wildman–Crippen MR) is 105 cm³/mol. The largest absolute Gasteiger partial charge is 0.339 e. The van der Waals surface area contributed by atoms with E-state index in [9.17, 15) is 4.79 Å². The van der Waals surface area contributed by atoms with Crippen LogP contribution < -0.4 is 5.32 Å². The maximum Gasteiger partial charge on any atom is 0.233 e. The summed E-state index contributed by atoms with van der Waals surface area (Å²) in [4.78, 5) is 18.5. The summed E-state index contributed by atoms with van der Waals surface area (Å²) in [5.74, 6) is 1.22. The zero-order valence-corrected chi connectivity index (χ0v) is 15.6. The van der Waals surface area contributed by atoms with Crippen LogP contribution in [0.2, 0.25) is 0 Å². The van der Waals surface area contributed by atoms with Gasteiger partial charge in [-0.25, -0.2) is 0 Å². The number of amides is 1. The summed E-state index contributed by atoms with van der Waals surface area (Å²) >= 11 is 1.42. The second kappa shape index (κ2) is 8.32. The van der Waals surface area contributed by atoms with Crippen molar-refractivity contribution in [3.63, 3.8) is 0 Å². The lowest BCUT2D eigenvalue weighted by Crippen LogP contribution is -2.47. The normalized spacial score (nSPS) is 14.3. The van der Waals surface area contributed by atoms with Gasteiger partial charge in [0.25, 0.3) is 0 Å². The van der Waals surface area contributed by atoms with E-state index in [4.69, 9.17) is 0 Å². The van der Waals surface area contributed by atoms with Crippen molar-refractivity contribution >= 4 is 17.7 Å². The minimum absolute atomic E-state index is 0.134.